The Bertz CT molecular complexity index is 1620. The van der Waals surface area contributed by atoms with Crippen molar-refractivity contribution in [3.8, 4) is 45.2 Å². The Morgan fingerprint density at radius 1 is 0.610 bits per heavy atom. The lowest BCUT2D eigenvalue weighted by molar-refractivity contribution is -0.719. The summed E-state index contributed by atoms with van der Waals surface area (Å²) in [5.74, 6) is -4.17. The Labute approximate surface area is 232 Å². The average Bonchev–Trinajstić information content (AvgIpc) is 3.47. The zero-order chi connectivity index (χ0) is 29.0. The number of benzene rings is 2. The van der Waals surface area contributed by atoms with Crippen LogP contribution in [0.2, 0.25) is 0 Å². The highest BCUT2D eigenvalue weighted by Crippen LogP contribution is 2.35. The summed E-state index contributed by atoms with van der Waals surface area (Å²) in [4.78, 5) is 0. The molecule has 0 unspecified atom stereocenters. The molecule has 5 aromatic rings. The molecule has 0 saturated carbocycles. The molecule has 41 heavy (non-hydrogen) atoms. The second-order valence-electron chi connectivity index (χ2n) is 9.21. The highest BCUT2D eigenvalue weighted by atomic mass is 31.1. The number of aromatic nitrogens is 4. The largest absolute Gasteiger partial charge is 0.460 e. The molecule has 3 aromatic heterocycles. The minimum Gasteiger partial charge on any atom is -0.416 e. The van der Waals surface area contributed by atoms with Gasteiger partial charge in [-0.15, -0.1) is 10.2 Å². The normalized spacial score (nSPS) is 12.1. The Morgan fingerprint density at radius 2 is 1.00 bits per heavy atom. The summed E-state index contributed by atoms with van der Waals surface area (Å²) in [7, 11) is 0.122. The van der Waals surface area contributed by atoms with Gasteiger partial charge in [-0.05, 0) is 46.5 Å². The van der Waals surface area contributed by atoms with Crippen molar-refractivity contribution in [2.24, 2.45) is 0 Å². The first-order valence-electron chi connectivity index (χ1n) is 12.4. The van der Waals surface area contributed by atoms with Crippen molar-refractivity contribution in [1.82, 2.24) is 10.2 Å². The van der Waals surface area contributed by atoms with E-state index in [9.17, 15) is 26.5 Å². The van der Waals surface area contributed by atoms with Crippen molar-refractivity contribution in [3.05, 3.63) is 97.6 Å². The highest BCUT2D eigenvalue weighted by molar-refractivity contribution is 7.23. The Kier molecular flexibility index (Phi) is 7.99. The molecule has 0 spiro atoms. The van der Waals surface area contributed by atoms with E-state index in [0.29, 0.717) is 35.6 Å². The van der Waals surface area contributed by atoms with Crippen LogP contribution in [-0.4, -0.2) is 28.5 Å². The van der Waals surface area contributed by atoms with E-state index in [1.807, 2.05) is 53.4 Å². The van der Waals surface area contributed by atoms with Gasteiger partial charge in [0.05, 0.1) is 6.16 Å². The van der Waals surface area contributed by atoms with Gasteiger partial charge < -0.3 is 4.42 Å². The maximum absolute atomic E-state index is 13.3. The van der Waals surface area contributed by atoms with Crippen molar-refractivity contribution in [2.75, 3.05) is 6.16 Å². The van der Waals surface area contributed by atoms with Crippen LogP contribution in [0, 0.1) is 0 Å². The molecule has 0 radical (unpaired) electrons. The summed E-state index contributed by atoms with van der Waals surface area (Å²) in [6.45, 7) is -0.814. The smallest absolute Gasteiger partial charge is 0.416 e. The second kappa shape index (κ2) is 11.6. The van der Waals surface area contributed by atoms with Crippen molar-refractivity contribution < 1.29 is 40.1 Å². The predicted molar refractivity (Wildman–Crippen MR) is 140 cm³/mol. The number of alkyl halides is 5. The fourth-order valence-electron chi connectivity index (χ4n) is 4.10. The van der Waals surface area contributed by atoms with Crippen molar-refractivity contribution in [1.29, 1.82) is 0 Å². The summed E-state index contributed by atoms with van der Waals surface area (Å²) >= 11 is 0. The Balaban J connectivity index is 1.25. The first-order valence-corrected chi connectivity index (χ1v) is 13.4. The third-order valence-corrected chi connectivity index (χ3v) is 6.77. The van der Waals surface area contributed by atoms with Crippen molar-refractivity contribution in [3.63, 3.8) is 0 Å². The van der Waals surface area contributed by atoms with Crippen molar-refractivity contribution >= 4 is 8.46 Å². The fourth-order valence-corrected chi connectivity index (χ4v) is 4.41. The molecule has 0 fully saturated rings. The van der Waals surface area contributed by atoms with E-state index in [-0.39, 0.29) is 8.46 Å². The first kappa shape index (κ1) is 28.2. The van der Waals surface area contributed by atoms with E-state index in [1.54, 1.807) is 24.3 Å². The topological polar surface area (TPSA) is 63.8 Å². The molecule has 2 aromatic carbocycles. The fraction of sp³-hybridized carbons (Fsp3) is 0.172. The van der Waals surface area contributed by atoms with E-state index in [2.05, 4.69) is 10.2 Å². The molecule has 208 valence electrons. The number of pyridine rings is 2. The number of hydrogen-bond acceptors (Lipinski definition) is 4. The summed E-state index contributed by atoms with van der Waals surface area (Å²) in [5, 5.41) is 8.29. The molecule has 0 N–H and O–H groups in total. The van der Waals surface area contributed by atoms with Crippen LogP contribution >= 0.6 is 8.46 Å². The zero-order valence-electron chi connectivity index (χ0n) is 21.3. The quantitative estimate of drug-likeness (QED) is 0.109. The first-order chi connectivity index (χ1) is 19.6. The highest BCUT2D eigenvalue weighted by Gasteiger charge is 2.60. The van der Waals surface area contributed by atoms with Gasteiger partial charge >= 0.3 is 12.1 Å². The van der Waals surface area contributed by atoms with Crippen LogP contribution in [-0.2, 0) is 17.7 Å². The lowest BCUT2D eigenvalue weighted by atomic mass is 10.0. The van der Waals surface area contributed by atoms with Gasteiger partial charge in [0.2, 0.25) is 18.3 Å². The molecule has 0 aliphatic rings. The standard InChI is InChI=1S/C29H22F5N4O2P/c30-28(31,29(32,33)34)19-38-15-11-23(12-16-38)21-3-7-25(8-4-21)27-36-35-26(40-27)24-5-1-20(2-6-24)22-9-13-37(14-10-22)17-18-41-39/h1-16H,17-19H2/q+2. The molecule has 12 heteroatoms. The van der Waals surface area contributed by atoms with Crippen LogP contribution in [0.4, 0.5) is 22.0 Å². The summed E-state index contributed by atoms with van der Waals surface area (Å²) < 4.78 is 83.3. The SMILES string of the molecule is O=PCC[n+]1ccc(-c2ccc(-c3nnc(-c4ccc(-c5cc[n+](CC(F)(F)C(F)(F)F)cc5)cc4)o3)cc2)cc1. The third kappa shape index (κ3) is 6.52. The van der Waals surface area contributed by atoms with E-state index in [4.69, 9.17) is 4.42 Å². The molecule has 0 aliphatic carbocycles. The van der Waals surface area contributed by atoms with Gasteiger partial charge in [0, 0.05) is 35.4 Å². The van der Waals surface area contributed by atoms with E-state index >= 15 is 0 Å². The molecule has 0 aliphatic heterocycles. The van der Waals surface area contributed by atoms with Gasteiger partial charge in [0.1, 0.15) is 0 Å². The number of rotatable bonds is 9. The van der Waals surface area contributed by atoms with Crippen LogP contribution in [0.5, 0.6) is 0 Å². The maximum atomic E-state index is 13.3. The number of nitrogens with zero attached hydrogens (tertiary/aromatic N) is 4. The van der Waals surface area contributed by atoms with Gasteiger partial charge in [-0.25, -0.2) is 4.57 Å². The van der Waals surface area contributed by atoms with Crippen LogP contribution < -0.4 is 9.13 Å². The molecule has 5 rings (SSSR count). The van der Waals surface area contributed by atoms with Crippen LogP contribution in [0.15, 0.2) is 102 Å². The third-order valence-electron chi connectivity index (χ3n) is 6.38. The average molecular weight is 584 g/mol. The van der Waals surface area contributed by atoms with Gasteiger partial charge in [0.15, 0.2) is 39.8 Å². The number of aryl methyl sites for hydroxylation is 1. The minimum absolute atomic E-state index is 0.122. The summed E-state index contributed by atoms with van der Waals surface area (Å²) in [6.07, 6.45) is 1.20. The molecule has 6 nitrogen and oxygen atoms in total. The summed E-state index contributed by atoms with van der Waals surface area (Å²) in [5.41, 5.74) is 4.83. The Morgan fingerprint density at radius 3 is 1.41 bits per heavy atom. The monoisotopic (exact) mass is 584 g/mol. The number of halogens is 5. The zero-order valence-corrected chi connectivity index (χ0v) is 22.2. The summed E-state index contributed by atoms with van der Waals surface area (Å²) in [6, 6.07) is 21.7. The second-order valence-corrected chi connectivity index (χ2v) is 9.91. The molecular weight excluding hydrogens is 562 g/mol. The molecule has 0 saturated heterocycles. The maximum Gasteiger partial charge on any atom is 0.460 e. The van der Waals surface area contributed by atoms with Gasteiger partial charge in [-0.2, -0.15) is 26.5 Å². The van der Waals surface area contributed by atoms with Crippen LogP contribution in [0.25, 0.3) is 45.2 Å². The molecule has 0 amide bonds. The van der Waals surface area contributed by atoms with E-state index < -0.39 is 18.6 Å². The molecule has 3 heterocycles. The van der Waals surface area contributed by atoms with E-state index in [1.165, 1.54) is 24.5 Å². The Hall–Kier alpha value is -4.37. The van der Waals surface area contributed by atoms with Gasteiger partial charge in [-0.1, -0.05) is 24.3 Å². The van der Waals surface area contributed by atoms with Crippen LogP contribution in [0.3, 0.4) is 0 Å². The lowest BCUT2D eigenvalue weighted by Crippen LogP contribution is -2.50. The molecule has 0 bridgehead atoms. The van der Waals surface area contributed by atoms with Crippen molar-refractivity contribution in [2.45, 2.75) is 25.2 Å². The van der Waals surface area contributed by atoms with Gasteiger partial charge in [0.25, 0.3) is 0 Å². The van der Waals surface area contributed by atoms with E-state index in [0.717, 1.165) is 26.8 Å². The number of hydrogen-bond donors (Lipinski definition) is 0. The minimum atomic E-state index is -5.61. The molecular formula is C29H22F5N4O2P+2. The van der Waals surface area contributed by atoms with Crippen LogP contribution in [0.1, 0.15) is 0 Å². The predicted octanol–water partition coefficient (Wildman–Crippen LogP) is 6.80. The van der Waals surface area contributed by atoms with Gasteiger partial charge in [-0.3, -0.25) is 4.57 Å². The lowest BCUT2D eigenvalue weighted by Gasteiger charge is -2.16. The molecule has 0 atom stereocenters.